The fraction of sp³-hybridized carbons (Fsp3) is 1.00. The van der Waals surface area contributed by atoms with Crippen LogP contribution in [-0.4, -0.2) is 48.1 Å². The van der Waals surface area contributed by atoms with Gasteiger partial charge in [-0.05, 0) is 47.7 Å². The molecule has 0 saturated carbocycles. The van der Waals surface area contributed by atoms with E-state index in [1.165, 1.54) is 26.1 Å². The molecule has 0 spiro atoms. The highest BCUT2D eigenvalue weighted by atomic mass is 15.3. The van der Waals surface area contributed by atoms with Crippen LogP contribution in [0.2, 0.25) is 0 Å². The lowest BCUT2D eigenvalue weighted by Crippen LogP contribution is -2.28. The van der Waals surface area contributed by atoms with Crippen molar-refractivity contribution in [1.82, 2.24) is 9.80 Å². The monoisotopic (exact) mass is 184 g/mol. The molecule has 2 nitrogen and oxygen atoms in total. The van der Waals surface area contributed by atoms with E-state index in [1.807, 2.05) is 0 Å². The van der Waals surface area contributed by atoms with Crippen LogP contribution >= 0.6 is 0 Å². The van der Waals surface area contributed by atoms with Gasteiger partial charge in [0.05, 0.1) is 0 Å². The lowest BCUT2D eigenvalue weighted by atomic mass is 10.2. The van der Waals surface area contributed by atoms with E-state index in [4.69, 9.17) is 0 Å². The second-order valence-corrected chi connectivity index (χ2v) is 5.16. The molecule has 2 heteroatoms. The normalized spacial score (nSPS) is 25.6. The Labute approximate surface area is 82.9 Å². The van der Waals surface area contributed by atoms with Gasteiger partial charge in [-0.2, -0.15) is 0 Å². The van der Waals surface area contributed by atoms with Gasteiger partial charge in [0, 0.05) is 24.7 Å². The zero-order valence-corrected chi connectivity index (χ0v) is 9.80. The highest BCUT2D eigenvalue weighted by Crippen LogP contribution is 2.30. The van der Waals surface area contributed by atoms with E-state index >= 15 is 0 Å². The summed E-state index contributed by atoms with van der Waals surface area (Å²) in [4.78, 5) is 4.96. The third kappa shape index (κ3) is 3.28. The standard InChI is InChI=1S/C11H24N2/c1-10(2)12(5)7-6-8-13-9-11(13,3)4/h10H,6-9H2,1-5H3. The van der Waals surface area contributed by atoms with Crippen LogP contribution in [-0.2, 0) is 0 Å². The second-order valence-electron chi connectivity index (χ2n) is 5.16. The average molecular weight is 184 g/mol. The molecule has 1 rings (SSSR count). The molecular weight excluding hydrogens is 160 g/mol. The van der Waals surface area contributed by atoms with Crippen LogP contribution in [0.25, 0.3) is 0 Å². The molecule has 0 N–H and O–H groups in total. The maximum absolute atomic E-state index is 2.54. The largest absolute Gasteiger partial charge is 0.304 e. The van der Waals surface area contributed by atoms with Crippen molar-refractivity contribution in [3.8, 4) is 0 Å². The number of hydrogen-bond donors (Lipinski definition) is 0. The Morgan fingerprint density at radius 3 is 2.31 bits per heavy atom. The van der Waals surface area contributed by atoms with Crippen LogP contribution in [0.5, 0.6) is 0 Å². The molecule has 0 aromatic rings. The number of nitrogens with zero attached hydrogens (tertiary/aromatic N) is 2. The van der Waals surface area contributed by atoms with Gasteiger partial charge in [0.1, 0.15) is 0 Å². The minimum absolute atomic E-state index is 0.510. The van der Waals surface area contributed by atoms with Crippen LogP contribution in [0.3, 0.4) is 0 Å². The number of hydrogen-bond acceptors (Lipinski definition) is 2. The molecule has 1 saturated heterocycles. The average Bonchev–Trinajstić information content (AvgIpc) is 2.58. The number of rotatable bonds is 5. The van der Waals surface area contributed by atoms with Crippen LogP contribution < -0.4 is 0 Å². The molecule has 1 aliphatic rings. The molecule has 0 bridgehead atoms. The zero-order chi connectivity index (χ0) is 10.1. The van der Waals surface area contributed by atoms with Crippen molar-refractivity contribution >= 4 is 0 Å². The zero-order valence-electron chi connectivity index (χ0n) is 9.80. The second kappa shape index (κ2) is 3.97. The minimum atomic E-state index is 0.510. The first-order valence-electron chi connectivity index (χ1n) is 5.39. The van der Waals surface area contributed by atoms with Gasteiger partial charge >= 0.3 is 0 Å². The maximum atomic E-state index is 2.54. The Kier molecular flexibility index (Phi) is 3.36. The molecule has 1 atom stereocenters. The third-order valence-corrected chi connectivity index (χ3v) is 3.15. The Hall–Kier alpha value is -0.0800. The fourth-order valence-electron chi connectivity index (χ4n) is 1.58. The minimum Gasteiger partial charge on any atom is -0.304 e. The quantitative estimate of drug-likeness (QED) is 0.601. The van der Waals surface area contributed by atoms with E-state index < -0.39 is 0 Å². The predicted molar refractivity (Wildman–Crippen MR) is 58.0 cm³/mol. The first kappa shape index (κ1) is 11.0. The molecule has 0 amide bonds. The molecule has 0 radical (unpaired) electrons. The van der Waals surface area contributed by atoms with Gasteiger partial charge < -0.3 is 4.90 Å². The van der Waals surface area contributed by atoms with Crippen molar-refractivity contribution < 1.29 is 0 Å². The van der Waals surface area contributed by atoms with Crippen LogP contribution in [0.15, 0.2) is 0 Å². The van der Waals surface area contributed by atoms with E-state index in [0.29, 0.717) is 11.6 Å². The van der Waals surface area contributed by atoms with Gasteiger partial charge in [0.15, 0.2) is 0 Å². The van der Waals surface area contributed by atoms with Crippen LogP contribution in [0.1, 0.15) is 34.1 Å². The molecule has 0 aromatic heterocycles. The fourth-order valence-corrected chi connectivity index (χ4v) is 1.58. The molecule has 0 aliphatic carbocycles. The summed E-state index contributed by atoms with van der Waals surface area (Å²) in [5, 5.41) is 0. The lowest BCUT2D eigenvalue weighted by Gasteiger charge is -2.21. The van der Waals surface area contributed by atoms with Gasteiger partial charge in [-0.25, -0.2) is 0 Å². The molecule has 0 aromatic carbocycles. The molecule has 1 aliphatic heterocycles. The summed E-state index contributed by atoms with van der Waals surface area (Å²) < 4.78 is 0. The Bertz CT molecular complexity index is 161. The Morgan fingerprint density at radius 1 is 1.38 bits per heavy atom. The lowest BCUT2D eigenvalue weighted by molar-refractivity contribution is 0.260. The van der Waals surface area contributed by atoms with Crippen molar-refractivity contribution in [2.45, 2.75) is 45.7 Å². The van der Waals surface area contributed by atoms with Gasteiger partial charge in [-0.1, -0.05) is 0 Å². The van der Waals surface area contributed by atoms with Crippen molar-refractivity contribution in [2.24, 2.45) is 0 Å². The molecule has 13 heavy (non-hydrogen) atoms. The van der Waals surface area contributed by atoms with Gasteiger partial charge in [0.2, 0.25) is 0 Å². The molecule has 1 fully saturated rings. The summed E-state index contributed by atoms with van der Waals surface area (Å²) in [7, 11) is 2.21. The summed E-state index contributed by atoms with van der Waals surface area (Å²) in [6.45, 7) is 12.9. The first-order chi connectivity index (χ1) is 5.93. The van der Waals surface area contributed by atoms with Gasteiger partial charge in [-0.3, -0.25) is 4.90 Å². The highest BCUT2D eigenvalue weighted by Gasteiger charge is 2.41. The highest BCUT2D eigenvalue weighted by molar-refractivity contribution is 4.99. The summed E-state index contributed by atoms with van der Waals surface area (Å²) in [6, 6.07) is 0.683. The van der Waals surface area contributed by atoms with Crippen molar-refractivity contribution in [1.29, 1.82) is 0 Å². The SMILES string of the molecule is CC(C)N(C)CCCN1CC1(C)C. The Balaban J connectivity index is 2.02. The van der Waals surface area contributed by atoms with E-state index in [9.17, 15) is 0 Å². The van der Waals surface area contributed by atoms with E-state index in [2.05, 4.69) is 44.5 Å². The van der Waals surface area contributed by atoms with Gasteiger partial charge in [0.25, 0.3) is 0 Å². The summed E-state index contributed by atoms with van der Waals surface area (Å²) in [6.07, 6.45) is 1.30. The van der Waals surface area contributed by atoms with E-state index in [-0.39, 0.29) is 0 Å². The summed E-state index contributed by atoms with van der Waals surface area (Å²) in [5.41, 5.74) is 0.510. The molecule has 1 unspecified atom stereocenters. The molecule has 78 valence electrons. The summed E-state index contributed by atoms with van der Waals surface area (Å²) in [5.74, 6) is 0. The van der Waals surface area contributed by atoms with E-state index in [1.54, 1.807) is 0 Å². The third-order valence-electron chi connectivity index (χ3n) is 3.15. The Morgan fingerprint density at radius 2 is 1.92 bits per heavy atom. The predicted octanol–water partition coefficient (Wildman–Crippen LogP) is 1.81. The maximum Gasteiger partial charge on any atom is 0.0281 e. The first-order valence-corrected chi connectivity index (χ1v) is 5.39. The molecule has 1 heterocycles. The smallest absolute Gasteiger partial charge is 0.0281 e. The van der Waals surface area contributed by atoms with Crippen LogP contribution in [0.4, 0.5) is 0 Å². The molecular formula is C11H24N2. The van der Waals surface area contributed by atoms with Crippen molar-refractivity contribution in [2.75, 3.05) is 26.7 Å². The summed E-state index contributed by atoms with van der Waals surface area (Å²) >= 11 is 0. The van der Waals surface area contributed by atoms with Crippen molar-refractivity contribution in [3.63, 3.8) is 0 Å². The van der Waals surface area contributed by atoms with Crippen LogP contribution in [0, 0.1) is 0 Å². The van der Waals surface area contributed by atoms with Gasteiger partial charge in [-0.15, -0.1) is 0 Å². The van der Waals surface area contributed by atoms with E-state index in [0.717, 1.165) is 0 Å². The van der Waals surface area contributed by atoms with Crippen molar-refractivity contribution in [3.05, 3.63) is 0 Å². The topological polar surface area (TPSA) is 6.25 Å².